The number of benzene rings is 6. The second-order valence-corrected chi connectivity index (χ2v) is 22.2. The maximum absolute atomic E-state index is 12.8. The van der Waals surface area contributed by atoms with Crippen LogP contribution in [0.25, 0.3) is 0 Å². The van der Waals surface area contributed by atoms with Gasteiger partial charge < -0.3 is 50.4 Å². The summed E-state index contributed by atoms with van der Waals surface area (Å²) in [6.07, 6.45) is 15.6. The van der Waals surface area contributed by atoms with Crippen molar-refractivity contribution in [2.45, 2.75) is 141 Å². The third-order valence-electron chi connectivity index (χ3n) is 14.9. The van der Waals surface area contributed by atoms with Crippen LogP contribution in [0.2, 0.25) is 0 Å². The molecule has 0 aliphatic carbocycles. The molecule has 15 N–H and O–H groups in total. The van der Waals surface area contributed by atoms with Gasteiger partial charge in [-0.15, -0.1) is 0 Å². The molecule has 4 atom stereocenters. The second-order valence-electron chi connectivity index (χ2n) is 22.2. The summed E-state index contributed by atoms with van der Waals surface area (Å²) in [6.45, 7) is 5.57. The van der Waals surface area contributed by atoms with Gasteiger partial charge >= 0.3 is 0 Å². The van der Waals surface area contributed by atoms with Crippen LogP contribution in [0.4, 0.5) is 0 Å². The van der Waals surface area contributed by atoms with Gasteiger partial charge in [-0.2, -0.15) is 0 Å². The molecule has 12 nitrogen and oxygen atoms in total. The van der Waals surface area contributed by atoms with Crippen molar-refractivity contribution in [1.82, 2.24) is 16.0 Å². The quantitative estimate of drug-likeness (QED) is 0.0182. The van der Waals surface area contributed by atoms with Crippen molar-refractivity contribution in [2.75, 3.05) is 39.3 Å². The van der Waals surface area contributed by atoms with Crippen molar-refractivity contribution in [2.24, 2.45) is 52.2 Å². The molecular formula is C70H101N9O3. The van der Waals surface area contributed by atoms with E-state index in [1.807, 2.05) is 66.7 Å². The molecule has 0 aliphatic rings. The zero-order chi connectivity index (χ0) is 58.8. The SMILES string of the molecule is Cc1ccc(CCC(CCc2ccccc2)C(=O)NC[C@@H](N)CCCN)cc1.NCCC[C@H](N)CNC(=O)CC(CCc1ccccc1)CCc1ccccc1.NCCC[C@H](N)CNC(=O)CC(Cc1ccccc1)Cc1ccccc1. The van der Waals surface area contributed by atoms with Crippen molar-refractivity contribution in [3.8, 4) is 0 Å². The van der Waals surface area contributed by atoms with Crippen molar-refractivity contribution < 1.29 is 14.4 Å². The lowest BCUT2D eigenvalue weighted by Gasteiger charge is -2.19. The van der Waals surface area contributed by atoms with Crippen molar-refractivity contribution in [3.63, 3.8) is 0 Å². The molecule has 6 aromatic rings. The Morgan fingerprint density at radius 3 is 1.02 bits per heavy atom. The molecule has 6 aromatic carbocycles. The third kappa shape index (κ3) is 31.6. The molecule has 6 rings (SSSR count). The molecule has 3 amide bonds. The summed E-state index contributed by atoms with van der Waals surface area (Å²) < 4.78 is 0. The minimum absolute atomic E-state index is 0.0109. The average molecular weight is 1120 g/mol. The van der Waals surface area contributed by atoms with E-state index in [1.165, 1.54) is 38.9 Å². The van der Waals surface area contributed by atoms with Gasteiger partial charge in [-0.1, -0.05) is 181 Å². The number of hydrogen-bond donors (Lipinski definition) is 9. The molecule has 12 heteroatoms. The molecule has 82 heavy (non-hydrogen) atoms. The van der Waals surface area contributed by atoms with E-state index in [0.717, 1.165) is 103 Å². The Kier molecular flexibility index (Phi) is 35.1. The zero-order valence-electron chi connectivity index (χ0n) is 49.4. The highest BCUT2D eigenvalue weighted by Gasteiger charge is 2.20. The molecule has 0 saturated carbocycles. The lowest BCUT2D eigenvalue weighted by Crippen LogP contribution is -2.40. The fourth-order valence-electron chi connectivity index (χ4n) is 9.96. The van der Waals surface area contributed by atoms with Crippen LogP contribution in [0.1, 0.15) is 116 Å². The van der Waals surface area contributed by atoms with E-state index in [4.69, 9.17) is 34.4 Å². The number of carbonyl (C=O) groups excluding carboxylic acids is 3. The van der Waals surface area contributed by atoms with Gasteiger partial charge in [0.15, 0.2) is 0 Å². The van der Waals surface area contributed by atoms with Crippen LogP contribution in [0.3, 0.4) is 0 Å². The summed E-state index contributed by atoms with van der Waals surface area (Å²) >= 11 is 0. The van der Waals surface area contributed by atoms with Gasteiger partial charge in [0.05, 0.1) is 0 Å². The minimum atomic E-state index is -0.0284. The first-order chi connectivity index (χ1) is 39.9. The number of hydrogen-bond acceptors (Lipinski definition) is 9. The van der Waals surface area contributed by atoms with Crippen LogP contribution in [0.15, 0.2) is 176 Å². The topological polar surface area (TPSA) is 243 Å². The molecule has 444 valence electrons. The highest BCUT2D eigenvalue weighted by atomic mass is 16.2. The largest absolute Gasteiger partial charge is 0.355 e. The second kappa shape index (κ2) is 42.3. The molecule has 0 radical (unpaired) electrons. The Bertz CT molecular complexity index is 2460. The van der Waals surface area contributed by atoms with Gasteiger partial charge in [0.2, 0.25) is 17.7 Å². The maximum Gasteiger partial charge on any atom is 0.223 e. The van der Waals surface area contributed by atoms with Crippen LogP contribution >= 0.6 is 0 Å². The van der Waals surface area contributed by atoms with Crippen LogP contribution in [0, 0.1) is 24.7 Å². The van der Waals surface area contributed by atoms with Crippen molar-refractivity contribution in [3.05, 3.63) is 215 Å². The van der Waals surface area contributed by atoms with Crippen LogP contribution in [-0.2, 0) is 52.9 Å². The lowest BCUT2D eigenvalue weighted by atomic mass is 9.89. The van der Waals surface area contributed by atoms with E-state index in [-0.39, 0.29) is 47.7 Å². The first-order valence-electron chi connectivity index (χ1n) is 30.4. The van der Waals surface area contributed by atoms with Crippen molar-refractivity contribution in [1.29, 1.82) is 0 Å². The molecule has 0 aromatic heterocycles. The number of nitrogens with one attached hydrogen (secondary N) is 3. The molecule has 0 bridgehead atoms. The summed E-state index contributed by atoms with van der Waals surface area (Å²) in [5.74, 6) is 0.912. The Balaban J connectivity index is 0.000000265. The highest BCUT2D eigenvalue weighted by Crippen LogP contribution is 2.22. The first kappa shape index (κ1) is 68.0. The summed E-state index contributed by atoms with van der Waals surface area (Å²) in [4.78, 5) is 37.7. The predicted molar refractivity (Wildman–Crippen MR) is 342 cm³/mol. The zero-order valence-corrected chi connectivity index (χ0v) is 49.4. The van der Waals surface area contributed by atoms with E-state index < -0.39 is 0 Å². The summed E-state index contributed by atoms with van der Waals surface area (Å²) in [7, 11) is 0. The average Bonchev–Trinajstić information content (AvgIpc) is 3.50. The van der Waals surface area contributed by atoms with Gasteiger partial charge in [-0.05, 0) is 175 Å². The fourth-order valence-corrected chi connectivity index (χ4v) is 9.96. The molecule has 0 aliphatic heterocycles. The normalized spacial score (nSPS) is 12.5. The molecule has 0 spiro atoms. The Labute approximate surface area is 492 Å². The number of nitrogens with two attached hydrogens (primary N) is 6. The van der Waals surface area contributed by atoms with Gasteiger partial charge in [0.1, 0.15) is 0 Å². The van der Waals surface area contributed by atoms with Gasteiger partial charge in [-0.25, -0.2) is 0 Å². The van der Waals surface area contributed by atoms with Crippen LogP contribution < -0.4 is 50.4 Å². The fraction of sp³-hybridized carbons (Fsp3) is 0.443. The monoisotopic (exact) mass is 1120 g/mol. The maximum atomic E-state index is 12.8. The lowest BCUT2D eigenvalue weighted by molar-refractivity contribution is -0.125. The van der Waals surface area contributed by atoms with E-state index in [1.54, 1.807) is 0 Å². The van der Waals surface area contributed by atoms with E-state index in [9.17, 15) is 14.4 Å². The number of amides is 3. The first-order valence-corrected chi connectivity index (χ1v) is 30.4. The summed E-state index contributed by atoms with van der Waals surface area (Å²) in [5.41, 5.74) is 43.7. The Morgan fingerprint density at radius 2 is 0.671 bits per heavy atom. The van der Waals surface area contributed by atoms with E-state index >= 15 is 0 Å². The smallest absolute Gasteiger partial charge is 0.223 e. The highest BCUT2D eigenvalue weighted by molar-refractivity contribution is 5.78. The standard InChI is InChI=1S/2C24H35N3O.C22H31N3O/c1-19-9-11-21(12-10-19)14-16-22(15-13-20-6-3-2-4-7-20)24(28)27-18-23(26)8-5-17-25;25-17-7-12-23(26)19-27-24(28)18-22(15-13-20-8-3-1-4-9-20)16-14-21-10-5-2-6-11-21;23-13-7-12-21(24)17-25-22(26)16-20(14-18-8-3-1-4-9-18)15-19-10-5-2-6-11-19/h2-4,6-7,9-12,22-23H,5,8,13-18,25-26H2,1H3,(H,27,28);1-6,8-11,22-23H,7,12-19,25-26H2,(H,27,28);1-6,8-11,20-21H,7,12-17,23-24H2,(H,25,26)/t22?,23-;23-;21-/m000/s1. The van der Waals surface area contributed by atoms with Crippen LogP contribution in [0.5, 0.6) is 0 Å². The summed E-state index contributed by atoms with van der Waals surface area (Å²) in [6, 6.07) is 60.6. The molecule has 1 unspecified atom stereocenters. The van der Waals surface area contributed by atoms with Gasteiger partial charge in [0.25, 0.3) is 0 Å². The van der Waals surface area contributed by atoms with Crippen molar-refractivity contribution >= 4 is 17.7 Å². The number of carbonyl (C=O) groups is 3. The van der Waals surface area contributed by atoms with Gasteiger partial charge in [-0.3, -0.25) is 14.4 Å². The Hall–Kier alpha value is -6.51. The molecular weight excluding hydrogens is 1010 g/mol. The molecule has 0 fully saturated rings. The van der Waals surface area contributed by atoms with E-state index in [0.29, 0.717) is 58.0 Å². The van der Waals surface area contributed by atoms with Crippen LogP contribution in [-0.4, -0.2) is 75.1 Å². The van der Waals surface area contributed by atoms with E-state index in [2.05, 4.69) is 132 Å². The molecule has 0 heterocycles. The minimum Gasteiger partial charge on any atom is -0.355 e. The number of aryl methyl sites for hydroxylation is 5. The third-order valence-corrected chi connectivity index (χ3v) is 14.9. The predicted octanol–water partition coefficient (Wildman–Crippen LogP) is 9.46. The Morgan fingerprint density at radius 1 is 0.366 bits per heavy atom. The summed E-state index contributed by atoms with van der Waals surface area (Å²) in [5, 5.41) is 9.07. The van der Waals surface area contributed by atoms with Gasteiger partial charge in [0, 0.05) is 56.5 Å². The molecule has 0 saturated heterocycles. The number of rotatable bonds is 36.